The lowest BCUT2D eigenvalue weighted by Crippen LogP contribution is -2.12. The second-order valence-corrected chi connectivity index (χ2v) is 3.07. The van der Waals surface area contributed by atoms with Crippen LogP contribution in [0.25, 0.3) is 0 Å². The summed E-state index contributed by atoms with van der Waals surface area (Å²) in [6.07, 6.45) is 1.24. The van der Waals surface area contributed by atoms with Gasteiger partial charge in [0.1, 0.15) is 0 Å². The van der Waals surface area contributed by atoms with Gasteiger partial charge in [0.2, 0.25) is 0 Å². The highest BCUT2D eigenvalue weighted by Gasteiger charge is 2.59. The van der Waals surface area contributed by atoms with Crippen molar-refractivity contribution in [2.45, 2.75) is 19.4 Å². The summed E-state index contributed by atoms with van der Waals surface area (Å²) in [6, 6.07) is 0. The molecule has 3 atom stereocenters. The van der Waals surface area contributed by atoms with Crippen LogP contribution in [-0.4, -0.2) is 25.3 Å². The molecule has 0 unspecified atom stereocenters. The Bertz CT molecular complexity index is 168. The SMILES string of the molecule is CCOC(=O)[C@H]1[C@@H]2CCO[C@@H]21. The smallest absolute Gasteiger partial charge is 0.311 e. The Balaban J connectivity index is 1.85. The lowest BCUT2D eigenvalue weighted by Gasteiger charge is -2.02. The van der Waals surface area contributed by atoms with Crippen molar-refractivity contribution in [3.05, 3.63) is 0 Å². The van der Waals surface area contributed by atoms with Crippen LogP contribution in [0, 0.1) is 11.8 Å². The van der Waals surface area contributed by atoms with E-state index in [4.69, 9.17) is 9.47 Å². The largest absolute Gasteiger partial charge is 0.466 e. The Kier molecular flexibility index (Phi) is 1.60. The van der Waals surface area contributed by atoms with Crippen LogP contribution in [0.4, 0.5) is 0 Å². The molecule has 1 saturated carbocycles. The summed E-state index contributed by atoms with van der Waals surface area (Å²) in [5.41, 5.74) is 0. The maximum atomic E-state index is 11.1. The van der Waals surface area contributed by atoms with Gasteiger partial charge in [-0.3, -0.25) is 4.79 Å². The molecule has 1 aliphatic heterocycles. The molecule has 0 spiro atoms. The molecular formula is C8H12O3. The predicted octanol–water partition coefficient (Wildman–Crippen LogP) is 0.584. The molecule has 2 fully saturated rings. The summed E-state index contributed by atoms with van der Waals surface area (Å²) < 4.78 is 10.2. The fraction of sp³-hybridized carbons (Fsp3) is 0.875. The van der Waals surface area contributed by atoms with Crippen LogP contribution in [-0.2, 0) is 14.3 Å². The van der Waals surface area contributed by atoms with Gasteiger partial charge in [-0.05, 0) is 13.3 Å². The maximum absolute atomic E-state index is 11.1. The number of hydrogen-bond acceptors (Lipinski definition) is 3. The third-order valence-electron chi connectivity index (χ3n) is 2.42. The summed E-state index contributed by atoms with van der Waals surface area (Å²) in [5, 5.41) is 0. The van der Waals surface area contributed by atoms with Gasteiger partial charge in [0.25, 0.3) is 0 Å². The number of ether oxygens (including phenoxy) is 2. The molecule has 62 valence electrons. The van der Waals surface area contributed by atoms with Gasteiger partial charge in [-0.1, -0.05) is 0 Å². The van der Waals surface area contributed by atoms with Gasteiger partial charge >= 0.3 is 5.97 Å². The number of carbonyl (C=O) groups excluding carboxylic acids is 1. The minimum Gasteiger partial charge on any atom is -0.466 e. The Labute approximate surface area is 65.7 Å². The van der Waals surface area contributed by atoms with E-state index in [1.807, 2.05) is 6.92 Å². The highest BCUT2D eigenvalue weighted by atomic mass is 16.5. The quantitative estimate of drug-likeness (QED) is 0.549. The Morgan fingerprint density at radius 1 is 1.73 bits per heavy atom. The standard InChI is InChI=1S/C8H12O3/c1-2-10-8(9)6-5-3-4-11-7(5)6/h5-7H,2-4H2,1H3/t5-,6-,7-/m0/s1. The lowest BCUT2D eigenvalue weighted by molar-refractivity contribution is -0.146. The van der Waals surface area contributed by atoms with Crippen molar-refractivity contribution in [1.82, 2.24) is 0 Å². The maximum Gasteiger partial charge on any atom is 0.311 e. The molecular weight excluding hydrogens is 144 g/mol. The van der Waals surface area contributed by atoms with Crippen molar-refractivity contribution >= 4 is 5.97 Å². The molecule has 0 amide bonds. The molecule has 0 aromatic carbocycles. The third-order valence-corrected chi connectivity index (χ3v) is 2.42. The van der Waals surface area contributed by atoms with Crippen molar-refractivity contribution in [2.24, 2.45) is 11.8 Å². The molecule has 0 N–H and O–H groups in total. The fourth-order valence-corrected chi connectivity index (χ4v) is 1.80. The van der Waals surface area contributed by atoms with Crippen LogP contribution in [0.5, 0.6) is 0 Å². The van der Waals surface area contributed by atoms with E-state index in [9.17, 15) is 4.79 Å². The van der Waals surface area contributed by atoms with Crippen molar-refractivity contribution in [1.29, 1.82) is 0 Å². The van der Waals surface area contributed by atoms with Crippen LogP contribution in [0.15, 0.2) is 0 Å². The van der Waals surface area contributed by atoms with Gasteiger partial charge in [0.15, 0.2) is 0 Å². The van der Waals surface area contributed by atoms with E-state index in [1.165, 1.54) is 0 Å². The Morgan fingerprint density at radius 3 is 3.09 bits per heavy atom. The van der Waals surface area contributed by atoms with Crippen molar-refractivity contribution in [3.8, 4) is 0 Å². The number of esters is 1. The van der Waals surface area contributed by atoms with Crippen LogP contribution in [0.1, 0.15) is 13.3 Å². The molecule has 2 rings (SSSR count). The average Bonchev–Trinajstić information content (AvgIpc) is 2.47. The first kappa shape index (κ1) is 7.10. The molecule has 3 nitrogen and oxygen atoms in total. The second kappa shape index (κ2) is 2.48. The Morgan fingerprint density at radius 2 is 2.55 bits per heavy atom. The zero-order valence-corrected chi connectivity index (χ0v) is 6.58. The number of fused-ring (bicyclic) bond motifs is 1. The van der Waals surface area contributed by atoms with Crippen LogP contribution >= 0.6 is 0 Å². The summed E-state index contributed by atoms with van der Waals surface area (Å²) in [4.78, 5) is 11.1. The first-order chi connectivity index (χ1) is 5.34. The van der Waals surface area contributed by atoms with E-state index in [2.05, 4.69) is 0 Å². The van der Waals surface area contributed by atoms with Gasteiger partial charge in [0.05, 0.1) is 18.6 Å². The minimum absolute atomic E-state index is 0.0674. The van der Waals surface area contributed by atoms with Crippen molar-refractivity contribution in [2.75, 3.05) is 13.2 Å². The minimum atomic E-state index is -0.0674. The zero-order valence-electron chi connectivity index (χ0n) is 6.58. The van der Waals surface area contributed by atoms with Crippen molar-refractivity contribution in [3.63, 3.8) is 0 Å². The van der Waals surface area contributed by atoms with Crippen molar-refractivity contribution < 1.29 is 14.3 Å². The fourth-order valence-electron chi connectivity index (χ4n) is 1.80. The van der Waals surface area contributed by atoms with E-state index in [-0.39, 0.29) is 18.0 Å². The summed E-state index contributed by atoms with van der Waals surface area (Å²) in [6.45, 7) is 3.14. The first-order valence-electron chi connectivity index (χ1n) is 4.13. The molecule has 0 aromatic rings. The zero-order chi connectivity index (χ0) is 7.84. The van der Waals surface area contributed by atoms with Crippen LogP contribution in [0.3, 0.4) is 0 Å². The number of carbonyl (C=O) groups is 1. The summed E-state index contributed by atoms with van der Waals surface area (Å²) in [5.74, 6) is 0.486. The van der Waals surface area contributed by atoms with Gasteiger partial charge < -0.3 is 9.47 Å². The molecule has 1 aliphatic carbocycles. The molecule has 1 saturated heterocycles. The highest BCUT2D eigenvalue weighted by molar-refractivity contribution is 5.77. The number of rotatable bonds is 2. The van der Waals surface area contributed by atoms with E-state index in [0.717, 1.165) is 13.0 Å². The first-order valence-corrected chi connectivity index (χ1v) is 4.13. The monoisotopic (exact) mass is 156 g/mol. The van der Waals surface area contributed by atoms with E-state index < -0.39 is 0 Å². The third kappa shape index (κ3) is 1.03. The number of hydrogen-bond donors (Lipinski definition) is 0. The lowest BCUT2D eigenvalue weighted by atomic mass is 10.2. The molecule has 2 aliphatic rings. The molecule has 1 heterocycles. The van der Waals surface area contributed by atoms with Crippen LogP contribution in [0.2, 0.25) is 0 Å². The topological polar surface area (TPSA) is 35.5 Å². The van der Waals surface area contributed by atoms with E-state index >= 15 is 0 Å². The van der Waals surface area contributed by atoms with Crippen LogP contribution < -0.4 is 0 Å². The molecule has 0 bridgehead atoms. The molecule has 3 heteroatoms. The van der Waals surface area contributed by atoms with E-state index in [0.29, 0.717) is 12.5 Å². The molecule has 11 heavy (non-hydrogen) atoms. The average molecular weight is 156 g/mol. The second-order valence-electron chi connectivity index (χ2n) is 3.07. The Hall–Kier alpha value is -0.570. The summed E-state index contributed by atoms with van der Waals surface area (Å²) >= 11 is 0. The van der Waals surface area contributed by atoms with E-state index in [1.54, 1.807) is 0 Å². The summed E-state index contributed by atoms with van der Waals surface area (Å²) in [7, 11) is 0. The molecule has 0 aromatic heterocycles. The van der Waals surface area contributed by atoms with Gasteiger partial charge in [-0.2, -0.15) is 0 Å². The van der Waals surface area contributed by atoms with Gasteiger partial charge in [0, 0.05) is 12.5 Å². The highest BCUT2D eigenvalue weighted by Crippen LogP contribution is 2.49. The van der Waals surface area contributed by atoms with Gasteiger partial charge in [-0.25, -0.2) is 0 Å². The van der Waals surface area contributed by atoms with Gasteiger partial charge in [-0.15, -0.1) is 0 Å². The predicted molar refractivity (Wildman–Crippen MR) is 38.0 cm³/mol. The normalized spacial score (nSPS) is 39.9. The molecule has 0 radical (unpaired) electrons.